The lowest BCUT2D eigenvalue weighted by Gasteiger charge is -2.14. The molecule has 0 spiro atoms. The summed E-state index contributed by atoms with van der Waals surface area (Å²) in [5.41, 5.74) is 1.29. The number of aliphatic carboxylic acids is 1. The number of hydrogen-bond acceptors (Lipinski definition) is 6. The number of amides is 1. The molecule has 1 aliphatic rings. The zero-order valence-electron chi connectivity index (χ0n) is 15.6. The molecule has 10 heteroatoms. The van der Waals surface area contributed by atoms with Crippen LogP contribution in [-0.2, 0) is 16.2 Å². The van der Waals surface area contributed by atoms with Gasteiger partial charge in [0.1, 0.15) is 23.3 Å². The number of rotatable bonds is 7. The van der Waals surface area contributed by atoms with E-state index in [9.17, 15) is 14.0 Å². The fourth-order valence-corrected chi connectivity index (χ4v) is 4.50. The molecule has 0 atom stereocenters. The molecule has 0 bridgehead atoms. The van der Waals surface area contributed by atoms with Gasteiger partial charge in [0.25, 0.3) is 5.91 Å². The average molecular weight is 512 g/mol. The summed E-state index contributed by atoms with van der Waals surface area (Å²) in [6.07, 6.45) is 1.60. The number of ether oxygens (including phenoxy) is 2. The molecule has 2 aromatic rings. The summed E-state index contributed by atoms with van der Waals surface area (Å²) >= 11 is 9.57. The minimum atomic E-state index is -1.14. The first-order chi connectivity index (χ1) is 14.3. The van der Waals surface area contributed by atoms with Crippen molar-refractivity contribution in [3.8, 4) is 11.5 Å². The minimum Gasteiger partial charge on any atom is -0.493 e. The van der Waals surface area contributed by atoms with Gasteiger partial charge < -0.3 is 14.6 Å². The standard InChI is InChI=1S/C20H15BrFNO5S2/c1-27-15-7-12(8-16-19(26)23(9-17(24)25)20(29)30-16)6-14(21)18(15)28-10-11-3-2-4-13(22)5-11/h2-8H,9-10H2,1H3,(H,24,25). The van der Waals surface area contributed by atoms with Crippen LogP contribution in [0.5, 0.6) is 11.5 Å². The molecule has 0 radical (unpaired) electrons. The van der Waals surface area contributed by atoms with Crippen LogP contribution in [0.15, 0.2) is 45.8 Å². The van der Waals surface area contributed by atoms with Crippen LogP contribution in [0, 0.1) is 5.82 Å². The molecule has 3 rings (SSSR count). The maximum absolute atomic E-state index is 13.4. The molecule has 1 heterocycles. The summed E-state index contributed by atoms with van der Waals surface area (Å²) in [4.78, 5) is 24.7. The SMILES string of the molecule is COc1cc(C=C2SC(=S)N(CC(=O)O)C2=O)cc(Br)c1OCc1cccc(F)c1. The summed E-state index contributed by atoms with van der Waals surface area (Å²) in [5.74, 6) is -1.12. The van der Waals surface area contributed by atoms with E-state index in [-0.39, 0.29) is 16.7 Å². The van der Waals surface area contributed by atoms with Gasteiger partial charge in [0.05, 0.1) is 16.5 Å². The maximum atomic E-state index is 13.4. The van der Waals surface area contributed by atoms with Crippen molar-refractivity contribution < 1.29 is 28.6 Å². The fourth-order valence-electron chi connectivity index (χ4n) is 2.67. The third-order valence-electron chi connectivity index (χ3n) is 3.99. The Morgan fingerprint density at radius 3 is 2.80 bits per heavy atom. The second kappa shape index (κ2) is 9.59. The lowest BCUT2D eigenvalue weighted by Crippen LogP contribution is -2.33. The van der Waals surface area contributed by atoms with Crippen molar-refractivity contribution in [2.45, 2.75) is 6.61 Å². The van der Waals surface area contributed by atoms with Gasteiger partial charge in [0, 0.05) is 0 Å². The van der Waals surface area contributed by atoms with Gasteiger partial charge in [-0.05, 0) is 57.4 Å². The molecule has 0 aromatic heterocycles. The smallest absolute Gasteiger partial charge is 0.323 e. The van der Waals surface area contributed by atoms with Crippen LogP contribution in [0.1, 0.15) is 11.1 Å². The Kier molecular flexibility index (Phi) is 7.11. The summed E-state index contributed by atoms with van der Waals surface area (Å²) < 4.78 is 25.3. The predicted octanol–water partition coefficient (Wildman–Crippen LogP) is 4.46. The van der Waals surface area contributed by atoms with Gasteiger partial charge in [-0.25, -0.2) is 4.39 Å². The minimum absolute atomic E-state index is 0.139. The Hall–Kier alpha value is -2.43. The molecule has 1 N–H and O–H groups in total. The van der Waals surface area contributed by atoms with Gasteiger partial charge >= 0.3 is 5.97 Å². The highest BCUT2D eigenvalue weighted by molar-refractivity contribution is 9.10. The van der Waals surface area contributed by atoms with E-state index < -0.39 is 18.4 Å². The highest BCUT2D eigenvalue weighted by atomic mass is 79.9. The fraction of sp³-hybridized carbons (Fsp3) is 0.150. The van der Waals surface area contributed by atoms with Crippen molar-refractivity contribution in [1.82, 2.24) is 4.90 Å². The molecule has 1 aliphatic heterocycles. The first-order valence-corrected chi connectivity index (χ1v) is 10.5. The molecule has 0 aliphatic carbocycles. The van der Waals surface area contributed by atoms with Gasteiger partial charge in [-0.1, -0.05) is 36.1 Å². The number of methoxy groups -OCH3 is 1. The number of hydrogen-bond donors (Lipinski definition) is 1. The molecule has 6 nitrogen and oxygen atoms in total. The quantitative estimate of drug-likeness (QED) is 0.434. The molecule has 30 heavy (non-hydrogen) atoms. The highest BCUT2D eigenvalue weighted by Gasteiger charge is 2.33. The van der Waals surface area contributed by atoms with Crippen LogP contribution in [0.3, 0.4) is 0 Å². The van der Waals surface area contributed by atoms with Crippen LogP contribution in [0.4, 0.5) is 4.39 Å². The van der Waals surface area contributed by atoms with E-state index >= 15 is 0 Å². The lowest BCUT2D eigenvalue weighted by molar-refractivity contribution is -0.140. The van der Waals surface area contributed by atoms with E-state index in [0.717, 1.165) is 16.7 Å². The van der Waals surface area contributed by atoms with Crippen molar-refractivity contribution in [1.29, 1.82) is 0 Å². The Morgan fingerprint density at radius 2 is 2.13 bits per heavy atom. The van der Waals surface area contributed by atoms with Crippen molar-refractivity contribution in [3.63, 3.8) is 0 Å². The van der Waals surface area contributed by atoms with E-state index in [0.29, 0.717) is 32.0 Å². The van der Waals surface area contributed by atoms with Gasteiger partial charge in [0.15, 0.2) is 11.5 Å². The molecule has 1 amide bonds. The molecule has 0 unspecified atom stereocenters. The zero-order valence-corrected chi connectivity index (χ0v) is 18.8. The Morgan fingerprint density at radius 1 is 1.37 bits per heavy atom. The van der Waals surface area contributed by atoms with Crippen molar-refractivity contribution in [2.75, 3.05) is 13.7 Å². The van der Waals surface area contributed by atoms with Crippen LogP contribution in [0.2, 0.25) is 0 Å². The third kappa shape index (κ3) is 5.18. The Labute approximate surface area is 189 Å². The first kappa shape index (κ1) is 22.3. The molecular formula is C20H15BrFNO5S2. The number of halogens is 2. The third-order valence-corrected chi connectivity index (χ3v) is 5.96. The number of carbonyl (C=O) groups excluding carboxylic acids is 1. The number of carboxylic acids is 1. The zero-order chi connectivity index (χ0) is 21.8. The van der Waals surface area contributed by atoms with Gasteiger partial charge in [-0.3, -0.25) is 14.5 Å². The van der Waals surface area contributed by atoms with Gasteiger partial charge in [-0.2, -0.15) is 0 Å². The van der Waals surface area contributed by atoms with Crippen LogP contribution in [-0.4, -0.2) is 39.9 Å². The maximum Gasteiger partial charge on any atom is 0.323 e. The van der Waals surface area contributed by atoms with Gasteiger partial charge in [0.2, 0.25) is 0 Å². The van der Waals surface area contributed by atoms with Crippen molar-refractivity contribution in [2.24, 2.45) is 0 Å². The number of benzene rings is 2. The molecule has 2 aromatic carbocycles. The number of carbonyl (C=O) groups is 2. The van der Waals surface area contributed by atoms with E-state index in [1.165, 1.54) is 19.2 Å². The van der Waals surface area contributed by atoms with Crippen LogP contribution >= 0.6 is 39.9 Å². The number of nitrogens with zero attached hydrogens (tertiary/aromatic N) is 1. The number of carboxylic acid groups (broad SMARTS) is 1. The number of thioether (sulfide) groups is 1. The average Bonchev–Trinajstić information content (AvgIpc) is 2.94. The normalized spacial score (nSPS) is 15.0. The lowest BCUT2D eigenvalue weighted by atomic mass is 10.1. The summed E-state index contributed by atoms with van der Waals surface area (Å²) in [7, 11) is 1.48. The van der Waals surface area contributed by atoms with E-state index in [1.807, 2.05) is 0 Å². The van der Waals surface area contributed by atoms with Gasteiger partial charge in [-0.15, -0.1) is 0 Å². The van der Waals surface area contributed by atoms with E-state index in [1.54, 1.807) is 30.3 Å². The second-order valence-electron chi connectivity index (χ2n) is 6.11. The van der Waals surface area contributed by atoms with Crippen LogP contribution in [0.25, 0.3) is 6.08 Å². The molecular weight excluding hydrogens is 497 g/mol. The van der Waals surface area contributed by atoms with Crippen LogP contribution < -0.4 is 9.47 Å². The largest absolute Gasteiger partial charge is 0.493 e. The predicted molar refractivity (Wildman–Crippen MR) is 119 cm³/mol. The molecule has 1 fully saturated rings. The first-order valence-electron chi connectivity index (χ1n) is 8.50. The van der Waals surface area contributed by atoms with E-state index in [4.69, 9.17) is 26.8 Å². The highest BCUT2D eigenvalue weighted by Crippen LogP contribution is 2.39. The summed E-state index contributed by atoms with van der Waals surface area (Å²) in [6.45, 7) is -0.345. The Balaban J connectivity index is 1.83. The summed E-state index contributed by atoms with van der Waals surface area (Å²) in [5, 5.41) is 8.93. The monoisotopic (exact) mass is 511 g/mol. The molecule has 1 saturated heterocycles. The van der Waals surface area contributed by atoms with E-state index in [2.05, 4.69) is 15.9 Å². The molecule has 156 valence electrons. The summed E-state index contributed by atoms with van der Waals surface area (Å²) in [6, 6.07) is 9.49. The Bertz CT molecular complexity index is 1060. The number of thiocarbonyl (C=S) groups is 1. The van der Waals surface area contributed by atoms with Crippen molar-refractivity contribution >= 4 is 62.2 Å². The van der Waals surface area contributed by atoms with Crippen molar-refractivity contribution in [3.05, 3.63) is 62.7 Å². The molecule has 0 saturated carbocycles. The second-order valence-corrected chi connectivity index (χ2v) is 8.64. The topological polar surface area (TPSA) is 76.1 Å².